The summed E-state index contributed by atoms with van der Waals surface area (Å²) in [6.45, 7) is 3.37. The Balaban J connectivity index is 1.52. The molecule has 2 heterocycles. The monoisotopic (exact) mass is 525 g/mol. The van der Waals surface area contributed by atoms with E-state index in [1.54, 1.807) is 38.1 Å². The van der Waals surface area contributed by atoms with Gasteiger partial charge in [0.2, 0.25) is 5.91 Å². The molecule has 0 atom stereocenters. The van der Waals surface area contributed by atoms with Gasteiger partial charge in [-0.15, -0.1) is 11.3 Å². The van der Waals surface area contributed by atoms with Crippen molar-refractivity contribution in [1.82, 2.24) is 9.55 Å². The molecule has 0 saturated carbocycles. The molecule has 0 spiro atoms. The van der Waals surface area contributed by atoms with Crippen molar-refractivity contribution in [2.24, 2.45) is 0 Å². The number of fused-ring (bicyclic) bond motifs is 1. The smallest absolute Gasteiger partial charge is 0.338 e. The van der Waals surface area contributed by atoms with Crippen LogP contribution in [-0.4, -0.2) is 27.5 Å². The summed E-state index contributed by atoms with van der Waals surface area (Å²) in [6, 6.07) is 14.1. The zero-order valence-corrected chi connectivity index (χ0v) is 20.3. The predicted octanol–water partition coefficient (Wildman–Crippen LogP) is 5.09. The molecule has 0 aliphatic rings. The fraction of sp³-hybridized carbons (Fsp3) is 0.167. The van der Waals surface area contributed by atoms with E-state index in [0.29, 0.717) is 21.5 Å². The molecule has 168 valence electrons. The van der Waals surface area contributed by atoms with Crippen LogP contribution in [0.25, 0.3) is 21.3 Å². The first kappa shape index (κ1) is 22.9. The summed E-state index contributed by atoms with van der Waals surface area (Å²) in [6.07, 6.45) is 1.17. The first-order chi connectivity index (χ1) is 15.8. The molecule has 4 rings (SSSR count). The zero-order chi connectivity index (χ0) is 23.5. The highest BCUT2D eigenvalue weighted by Crippen LogP contribution is 2.31. The van der Waals surface area contributed by atoms with Crippen molar-refractivity contribution >= 4 is 55.0 Å². The van der Waals surface area contributed by atoms with E-state index in [0.717, 1.165) is 15.6 Å². The summed E-state index contributed by atoms with van der Waals surface area (Å²) in [4.78, 5) is 42.6. The molecule has 9 heteroatoms. The SMILES string of the molecule is CC(C)OC(=O)c1ccc(NC(=O)Cn2cnc3scc(-c4ccc(Br)cc4)c3c2=O)cc1. The van der Waals surface area contributed by atoms with E-state index < -0.39 is 5.97 Å². The largest absolute Gasteiger partial charge is 0.459 e. The topological polar surface area (TPSA) is 90.3 Å². The van der Waals surface area contributed by atoms with E-state index in [-0.39, 0.29) is 24.1 Å². The maximum Gasteiger partial charge on any atom is 0.338 e. The van der Waals surface area contributed by atoms with Gasteiger partial charge in [0.05, 0.1) is 23.4 Å². The number of anilines is 1. The summed E-state index contributed by atoms with van der Waals surface area (Å²) >= 11 is 4.81. The average Bonchev–Trinajstić information content (AvgIpc) is 3.21. The molecule has 1 N–H and O–H groups in total. The minimum atomic E-state index is -0.425. The minimum Gasteiger partial charge on any atom is -0.459 e. The van der Waals surface area contributed by atoms with Crippen LogP contribution >= 0.6 is 27.3 Å². The van der Waals surface area contributed by atoms with Gasteiger partial charge >= 0.3 is 5.97 Å². The van der Waals surface area contributed by atoms with Crippen molar-refractivity contribution in [3.8, 4) is 11.1 Å². The first-order valence-electron chi connectivity index (χ1n) is 10.2. The normalized spacial score (nSPS) is 11.0. The number of nitrogens with one attached hydrogen (secondary N) is 1. The number of nitrogens with zero attached hydrogens (tertiary/aromatic N) is 2. The van der Waals surface area contributed by atoms with Crippen LogP contribution in [0.5, 0.6) is 0 Å². The number of benzene rings is 2. The van der Waals surface area contributed by atoms with E-state index in [4.69, 9.17) is 4.74 Å². The van der Waals surface area contributed by atoms with Gasteiger partial charge in [-0.3, -0.25) is 14.2 Å². The van der Waals surface area contributed by atoms with Gasteiger partial charge in [0.15, 0.2) is 0 Å². The molecule has 0 fully saturated rings. The summed E-state index contributed by atoms with van der Waals surface area (Å²) in [7, 11) is 0. The average molecular weight is 526 g/mol. The van der Waals surface area contributed by atoms with E-state index in [1.807, 2.05) is 29.6 Å². The van der Waals surface area contributed by atoms with E-state index in [9.17, 15) is 14.4 Å². The molecular formula is C24H20BrN3O4S. The lowest BCUT2D eigenvalue weighted by Crippen LogP contribution is -2.27. The minimum absolute atomic E-state index is 0.186. The van der Waals surface area contributed by atoms with E-state index >= 15 is 0 Å². The Morgan fingerprint density at radius 1 is 1.12 bits per heavy atom. The number of rotatable bonds is 6. The van der Waals surface area contributed by atoms with Crippen LogP contribution in [0.3, 0.4) is 0 Å². The number of carbonyl (C=O) groups excluding carboxylic acids is 2. The fourth-order valence-electron chi connectivity index (χ4n) is 3.25. The van der Waals surface area contributed by atoms with E-state index in [2.05, 4.69) is 26.2 Å². The number of amides is 1. The molecule has 0 aliphatic heterocycles. The van der Waals surface area contributed by atoms with Crippen molar-refractivity contribution in [3.63, 3.8) is 0 Å². The Bertz CT molecular complexity index is 1380. The van der Waals surface area contributed by atoms with Crippen LogP contribution < -0.4 is 10.9 Å². The van der Waals surface area contributed by atoms with Crippen molar-refractivity contribution < 1.29 is 14.3 Å². The Hall–Kier alpha value is -3.30. The second-order valence-electron chi connectivity index (χ2n) is 7.59. The van der Waals surface area contributed by atoms with Crippen LogP contribution in [-0.2, 0) is 16.1 Å². The summed E-state index contributed by atoms with van der Waals surface area (Å²) in [5, 5.41) is 5.13. The Labute approximate surface area is 202 Å². The maximum absolute atomic E-state index is 13.1. The number of thiophene rings is 1. The van der Waals surface area contributed by atoms with Crippen molar-refractivity contribution in [3.05, 3.63) is 80.6 Å². The number of esters is 1. The van der Waals surface area contributed by atoms with Crippen molar-refractivity contribution in [1.29, 1.82) is 0 Å². The highest BCUT2D eigenvalue weighted by atomic mass is 79.9. The highest BCUT2D eigenvalue weighted by molar-refractivity contribution is 9.10. The van der Waals surface area contributed by atoms with Crippen LogP contribution in [0, 0.1) is 0 Å². The Kier molecular flexibility index (Phi) is 6.71. The molecule has 2 aromatic heterocycles. The third-order valence-electron chi connectivity index (χ3n) is 4.78. The van der Waals surface area contributed by atoms with Gasteiger partial charge in [-0.1, -0.05) is 28.1 Å². The number of aromatic nitrogens is 2. The molecule has 4 aromatic rings. The Morgan fingerprint density at radius 2 is 1.82 bits per heavy atom. The number of hydrogen-bond donors (Lipinski definition) is 1. The lowest BCUT2D eigenvalue weighted by atomic mass is 10.1. The number of carbonyl (C=O) groups is 2. The molecule has 0 bridgehead atoms. The van der Waals surface area contributed by atoms with Crippen LogP contribution in [0.15, 0.2) is 69.5 Å². The third-order valence-corrected chi connectivity index (χ3v) is 6.19. The summed E-state index contributed by atoms with van der Waals surface area (Å²) < 4.78 is 7.39. The second-order valence-corrected chi connectivity index (χ2v) is 9.37. The third kappa shape index (κ3) is 5.20. The lowest BCUT2D eigenvalue weighted by molar-refractivity contribution is -0.116. The van der Waals surface area contributed by atoms with Gasteiger partial charge in [-0.25, -0.2) is 9.78 Å². The molecule has 2 aromatic carbocycles. The molecule has 0 radical (unpaired) electrons. The number of ether oxygens (including phenoxy) is 1. The molecule has 7 nitrogen and oxygen atoms in total. The van der Waals surface area contributed by atoms with Gasteiger partial charge < -0.3 is 10.1 Å². The summed E-state index contributed by atoms with van der Waals surface area (Å²) in [5.41, 5.74) is 2.32. The highest BCUT2D eigenvalue weighted by Gasteiger charge is 2.15. The van der Waals surface area contributed by atoms with Gasteiger partial charge in [0.1, 0.15) is 11.4 Å². The maximum atomic E-state index is 13.1. The fourth-order valence-corrected chi connectivity index (χ4v) is 4.42. The van der Waals surface area contributed by atoms with Crippen LogP contribution in [0.4, 0.5) is 5.69 Å². The summed E-state index contributed by atoms with van der Waals surface area (Å²) in [5.74, 6) is -0.803. The van der Waals surface area contributed by atoms with Gasteiger partial charge in [0.25, 0.3) is 5.56 Å². The molecule has 0 aliphatic carbocycles. The van der Waals surface area contributed by atoms with Crippen molar-refractivity contribution in [2.45, 2.75) is 26.5 Å². The zero-order valence-electron chi connectivity index (χ0n) is 17.9. The first-order valence-corrected chi connectivity index (χ1v) is 11.8. The Morgan fingerprint density at radius 3 is 2.48 bits per heavy atom. The van der Waals surface area contributed by atoms with Gasteiger partial charge in [0, 0.05) is 21.1 Å². The molecule has 1 amide bonds. The van der Waals surface area contributed by atoms with Gasteiger partial charge in [-0.2, -0.15) is 0 Å². The van der Waals surface area contributed by atoms with Gasteiger partial charge in [-0.05, 0) is 55.8 Å². The second kappa shape index (κ2) is 9.68. The van der Waals surface area contributed by atoms with Crippen LogP contribution in [0.1, 0.15) is 24.2 Å². The van der Waals surface area contributed by atoms with E-state index in [1.165, 1.54) is 22.2 Å². The quantitative estimate of drug-likeness (QED) is 0.354. The lowest BCUT2D eigenvalue weighted by Gasteiger charge is -2.10. The molecular weight excluding hydrogens is 506 g/mol. The predicted molar refractivity (Wildman–Crippen MR) is 133 cm³/mol. The molecule has 0 unspecified atom stereocenters. The molecule has 0 saturated heterocycles. The standard InChI is InChI=1S/C24H20BrN3O4S/c1-14(2)32-24(31)16-5-9-18(10-6-16)27-20(29)11-28-13-26-22-21(23(28)30)19(12-33-22)15-3-7-17(25)8-4-15/h3-10,12-14H,11H2,1-2H3,(H,27,29). The number of halogens is 1. The number of hydrogen-bond acceptors (Lipinski definition) is 6. The van der Waals surface area contributed by atoms with Crippen molar-refractivity contribution in [2.75, 3.05) is 5.32 Å². The molecule has 33 heavy (non-hydrogen) atoms. The van der Waals surface area contributed by atoms with Crippen LogP contribution in [0.2, 0.25) is 0 Å².